The number of nitrogens with zero attached hydrogens (tertiary/aromatic N) is 2. The molecule has 1 fully saturated rings. The fourth-order valence-corrected chi connectivity index (χ4v) is 3.31. The summed E-state index contributed by atoms with van der Waals surface area (Å²) in [6.45, 7) is 1.51. The smallest absolute Gasteiger partial charge is 0.257 e. The van der Waals surface area contributed by atoms with Crippen molar-refractivity contribution < 1.29 is 19.1 Å². The number of ether oxygens (including phenoxy) is 1. The van der Waals surface area contributed by atoms with E-state index in [1.165, 1.54) is 7.11 Å². The van der Waals surface area contributed by atoms with E-state index in [9.17, 15) is 14.4 Å². The lowest BCUT2D eigenvalue weighted by molar-refractivity contribution is -0.131. The van der Waals surface area contributed by atoms with Gasteiger partial charge in [0.15, 0.2) is 0 Å². The highest BCUT2D eigenvalue weighted by Crippen LogP contribution is 2.24. The predicted octanol–water partition coefficient (Wildman–Crippen LogP) is 2.06. The third-order valence-corrected chi connectivity index (χ3v) is 4.98. The molecule has 29 heavy (non-hydrogen) atoms. The molecule has 0 saturated carbocycles. The number of carbonyl (C=O) groups is 3. The summed E-state index contributed by atoms with van der Waals surface area (Å²) in [4.78, 5) is 40.6. The summed E-state index contributed by atoms with van der Waals surface area (Å²) in [5.41, 5.74) is 0.904. The Morgan fingerprint density at radius 3 is 2.31 bits per heavy atom. The zero-order chi connectivity index (χ0) is 20.8. The number of carbonyl (C=O) groups excluding carboxylic acids is 3. The van der Waals surface area contributed by atoms with Gasteiger partial charge in [-0.05, 0) is 30.3 Å². The van der Waals surface area contributed by atoms with Crippen LogP contribution in [0.15, 0.2) is 48.5 Å². The van der Waals surface area contributed by atoms with E-state index in [0.29, 0.717) is 48.1 Å². The molecule has 0 aromatic heterocycles. The molecule has 3 rings (SSSR count). The van der Waals surface area contributed by atoms with Crippen LogP contribution in [-0.4, -0.2) is 67.4 Å². The minimum atomic E-state index is -0.291. The summed E-state index contributed by atoms with van der Waals surface area (Å²) in [7, 11) is 1.50. The van der Waals surface area contributed by atoms with Gasteiger partial charge in [0.1, 0.15) is 5.75 Å². The van der Waals surface area contributed by atoms with Crippen LogP contribution in [0.2, 0.25) is 5.02 Å². The third-order valence-electron chi connectivity index (χ3n) is 4.75. The van der Waals surface area contributed by atoms with Crippen LogP contribution in [-0.2, 0) is 4.79 Å². The lowest BCUT2D eigenvalue weighted by atomic mass is 10.1. The van der Waals surface area contributed by atoms with Crippen LogP contribution in [0.1, 0.15) is 20.7 Å². The molecule has 0 radical (unpaired) electrons. The van der Waals surface area contributed by atoms with Gasteiger partial charge in [-0.2, -0.15) is 0 Å². The van der Waals surface area contributed by atoms with Crippen molar-refractivity contribution in [1.82, 2.24) is 15.1 Å². The molecule has 1 aliphatic heterocycles. The van der Waals surface area contributed by atoms with E-state index in [-0.39, 0.29) is 24.3 Å². The van der Waals surface area contributed by atoms with E-state index in [4.69, 9.17) is 16.3 Å². The SMILES string of the molecule is COc1ccc(Cl)cc1C(=O)N1CCN(C(=O)CNC(=O)c2ccccc2)CC1. The second-order valence-corrected chi connectivity index (χ2v) is 7.00. The molecule has 152 valence electrons. The Kier molecular flexibility index (Phi) is 6.72. The van der Waals surface area contributed by atoms with Gasteiger partial charge < -0.3 is 19.9 Å². The molecule has 1 N–H and O–H groups in total. The van der Waals surface area contributed by atoms with Crippen molar-refractivity contribution in [3.8, 4) is 5.75 Å². The summed E-state index contributed by atoms with van der Waals surface area (Å²) < 4.78 is 5.25. The number of rotatable bonds is 5. The summed E-state index contributed by atoms with van der Waals surface area (Å²) >= 11 is 6.01. The molecule has 3 amide bonds. The molecule has 2 aromatic carbocycles. The van der Waals surface area contributed by atoms with Gasteiger partial charge in [-0.3, -0.25) is 14.4 Å². The van der Waals surface area contributed by atoms with Gasteiger partial charge in [-0.1, -0.05) is 29.8 Å². The van der Waals surface area contributed by atoms with Crippen molar-refractivity contribution in [2.75, 3.05) is 39.8 Å². The van der Waals surface area contributed by atoms with Crippen molar-refractivity contribution in [2.45, 2.75) is 0 Å². The van der Waals surface area contributed by atoms with Gasteiger partial charge >= 0.3 is 0 Å². The predicted molar refractivity (Wildman–Crippen MR) is 109 cm³/mol. The van der Waals surface area contributed by atoms with Crippen LogP contribution in [0, 0.1) is 0 Å². The molecule has 1 heterocycles. The van der Waals surface area contributed by atoms with Crippen LogP contribution in [0.4, 0.5) is 0 Å². The Labute approximate surface area is 174 Å². The quantitative estimate of drug-likeness (QED) is 0.810. The summed E-state index contributed by atoms with van der Waals surface area (Å²) in [5.74, 6) is -0.196. The highest BCUT2D eigenvalue weighted by Gasteiger charge is 2.26. The second-order valence-electron chi connectivity index (χ2n) is 6.57. The van der Waals surface area contributed by atoms with Crippen LogP contribution in [0.3, 0.4) is 0 Å². The molecule has 0 spiro atoms. The van der Waals surface area contributed by atoms with Gasteiger partial charge in [-0.25, -0.2) is 0 Å². The molecule has 2 aromatic rings. The highest BCUT2D eigenvalue weighted by atomic mass is 35.5. The second kappa shape index (κ2) is 9.43. The lowest BCUT2D eigenvalue weighted by Gasteiger charge is -2.35. The number of hydrogen-bond acceptors (Lipinski definition) is 4. The molecule has 8 heteroatoms. The summed E-state index contributed by atoms with van der Waals surface area (Å²) in [6, 6.07) is 13.6. The number of piperazine rings is 1. The van der Waals surface area contributed by atoms with Gasteiger partial charge in [0.25, 0.3) is 11.8 Å². The molecule has 1 aliphatic rings. The van der Waals surface area contributed by atoms with Crippen molar-refractivity contribution in [3.63, 3.8) is 0 Å². The average molecular weight is 416 g/mol. The Hall–Kier alpha value is -3.06. The molecule has 0 atom stereocenters. The van der Waals surface area contributed by atoms with E-state index >= 15 is 0 Å². The van der Waals surface area contributed by atoms with Crippen LogP contribution in [0.5, 0.6) is 5.75 Å². The first-order valence-corrected chi connectivity index (χ1v) is 9.61. The number of amides is 3. The number of hydrogen-bond donors (Lipinski definition) is 1. The van der Waals surface area contributed by atoms with E-state index in [1.54, 1.807) is 52.3 Å². The van der Waals surface area contributed by atoms with Crippen LogP contribution < -0.4 is 10.1 Å². The third kappa shape index (κ3) is 5.06. The molecule has 0 unspecified atom stereocenters. The van der Waals surface area contributed by atoms with Gasteiger partial charge in [0, 0.05) is 36.8 Å². The fourth-order valence-electron chi connectivity index (χ4n) is 3.14. The molecular formula is C21H22ClN3O4. The van der Waals surface area contributed by atoms with E-state index in [1.807, 2.05) is 6.07 Å². The summed E-state index contributed by atoms with van der Waals surface area (Å²) in [5, 5.41) is 3.09. The number of nitrogens with one attached hydrogen (secondary N) is 1. The van der Waals surface area contributed by atoms with Crippen molar-refractivity contribution in [3.05, 3.63) is 64.7 Å². The molecule has 1 saturated heterocycles. The molecule has 7 nitrogen and oxygen atoms in total. The number of halogens is 1. The molecule has 0 bridgehead atoms. The Balaban J connectivity index is 1.52. The minimum Gasteiger partial charge on any atom is -0.496 e. The highest BCUT2D eigenvalue weighted by molar-refractivity contribution is 6.31. The van der Waals surface area contributed by atoms with Crippen molar-refractivity contribution in [1.29, 1.82) is 0 Å². The Morgan fingerprint density at radius 2 is 1.66 bits per heavy atom. The topological polar surface area (TPSA) is 79.0 Å². The Morgan fingerprint density at radius 1 is 1.00 bits per heavy atom. The van der Waals surface area contributed by atoms with E-state index < -0.39 is 0 Å². The summed E-state index contributed by atoms with van der Waals surface area (Å²) in [6.07, 6.45) is 0. The fraction of sp³-hybridized carbons (Fsp3) is 0.286. The maximum atomic E-state index is 12.8. The lowest BCUT2D eigenvalue weighted by Crippen LogP contribution is -2.52. The van der Waals surface area contributed by atoms with Crippen molar-refractivity contribution >= 4 is 29.3 Å². The zero-order valence-electron chi connectivity index (χ0n) is 16.1. The van der Waals surface area contributed by atoms with Crippen LogP contribution in [0.25, 0.3) is 0 Å². The van der Waals surface area contributed by atoms with E-state index in [0.717, 1.165) is 0 Å². The Bertz CT molecular complexity index is 896. The first-order chi connectivity index (χ1) is 14.0. The standard InChI is InChI=1S/C21H22ClN3O4/c1-29-18-8-7-16(22)13-17(18)21(28)25-11-9-24(10-12-25)19(26)14-23-20(27)15-5-3-2-4-6-15/h2-8,13H,9-12,14H2,1H3,(H,23,27). The van der Waals surface area contributed by atoms with E-state index in [2.05, 4.69) is 5.32 Å². The molecule has 0 aliphatic carbocycles. The van der Waals surface area contributed by atoms with Crippen LogP contribution >= 0.6 is 11.6 Å². The average Bonchev–Trinajstić information content (AvgIpc) is 2.77. The first kappa shape index (κ1) is 20.7. The van der Waals surface area contributed by atoms with Crippen molar-refractivity contribution in [2.24, 2.45) is 0 Å². The van der Waals surface area contributed by atoms with Gasteiger partial charge in [0.2, 0.25) is 5.91 Å². The normalized spacial score (nSPS) is 13.7. The maximum absolute atomic E-state index is 12.8. The zero-order valence-corrected chi connectivity index (χ0v) is 16.8. The molecular weight excluding hydrogens is 394 g/mol. The number of benzene rings is 2. The van der Waals surface area contributed by atoms with Gasteiger partial charge in [-0.15, -0.1) is 0 Å². The first-order valence-electron chi connectivity index (χ1n) is 9.23. The van der Waals surface area contributed by atoms with Gasteiger partial charge in [0.05, 0.1) is 19.2 Å². The largest absolute Gasteiger partial charge is 0.496 e. The minimum absolute atomic E-state index is 0.0796. The monoisotopic (exact) mass is 415 g/mol. The maximum Gasteiger partial charge on any atom is 0.257 e. The number of methoxy groups -OCH3 is 1.